The summed E-state index contributed by atoms with van der Waals surface area (Å²) in [5, 5.41) is 1.82. The average molecular weight is 437 g/mol. The van der Waals surface area contributed by atoms with Crippen LogP contribution in [0.2, 0.25) is 0 Å². The predicted octanol–water partition coefficient (Wildman–Crippen LogP) is 2.85. The zero-order valence-electron chi connectivity index (χ0n) is 17.2. The maximum absolute atomic E-state index is 12.9. The number of thiazole rings is 1. The molecule has 5 rings (SSSR count). The summed E-state index contributed by atoms with van der Waals surface area (Å²) < 4.78 is 5.48. The van der Waals surface area contributed by atoms with E-state index < -0.39 is 0 Å². The summed E-state index contributed by atoms with van der Waals surface area (Å²) in [7, 11) is 0. The first-order chi connectivity index (χ1) is 15.3. The third-order valence-electron chi connectivity index (χ3n) is 5.84. The molecule has 2 saturated heterocycles. The molecule has 0 aliphatic carbocycles. The molecule has 0 bridgehead atoms. The van der Waals surface area contributed by atoms with Gasteiger partial charge in [-0.25, -0.2) is 15.0 Å². The Kier molecular flexibility index (Phi) is 5.86. The number of rotatable bonds is 4. The van der Waals surface area contributed by atoms with E-state index in [2.05, 4.69) is 19.9 Å². The molecule has 160 valence electrons. The van der Waals surface area contributed by atoms with Gasteiger partial charge in [0.05, 0.1) is 24.4 Å². The highest BCUT2D eigenvalue weighted by Crippen LogP contribution is 2.34. The summed E-state index contributed by atoms with van der Waals surface area (Å²) in [4.78, 5) is 35.1. The predicted molar refractivity (Wildman–Crippen MR) is 118 cm³/mol. The van der Waals surface area contributed by atoms with Crippen molar-refractivity contribution in [3.63, 3.8) is 0 Å². The van der Waals surface area contributed by atoms with Gasteiger partial charge in [-0.2, -0.15) is 0 Å². The van der Waals surface area contributed by atoms with Crippen LogP contribution in [0.5, 0.6) is 0 Å². The lowest BCUT2D eigenvalue weighted by Gasteiger charge is -2.34. The lowest BCUT2D eigenvalue weighted by Crippen LogP contribution is -2.40. The SMILES string of the molecule is O=C(c1cscn1)N1CCC[C@H](c2nc(N3CCOCC3)ncc2-c2ccncc2)C1. The number of ether oxygens (including phenoxy) is 1. The van der Waals surface area contributed by atoms with Crippen LogP contribution in [0.25, 0.3) is 11.1 Å². The topological polar surface area (TPSA) is 84.3 Å². The molecule has 3 aromatic rings. The third kappa shape index (κ3) is 4.28. The largest absolute Gasteiger partial charge is 0.378 e. The van der Waals surface area contributed by atoms with E-state index in [4.69, 9.17) is 9.72 Å². The highest BCUT2D eigenvalue weighted by atomic mass is 32.1. The summed E-state index contributed by atoms with van der Waals surface area (Å²) in [6, 6.07) is 3.97. The number of anilines is 1. The summed E-state index contributed by atoms with van der Waals surface area (Å²) in [6.07, 6.45) is 7.41. The van der Waals surface area contributed by atoms with Crippen molar-refractivity contribution < 1.29 is 9.53 Å². The van der Waals surface area contributed by atoms with Crippen LogP contribution in [0.4, 0.5) is 5.95 Å². The number of aromatic nitrogens is 4. The van der Waals surface area contributed by atoms with Gasteiger partial charge in [0.2, 0.25) is 5.95 Å². The molecule has 9 heteroatoms. The van der Waals surface area contributed by atoms with Crippen LogP contribution in [0, 0.1) is 0 Å². The van der Waals surface area contributed by atoms with Gasteiger partial charge in [-0.15, -0.1) is 11.3 Å². The van der Waals surface area contributed by atoms with Gasteiger partial charge < -0.3 is 14.5 Å². The number of piperidine rings is 1. The van der Waals surface area contributed by atoms with Crippen LogP contribution in [0.3, 0.4) is 0 Å². The highest BCUT2D eigenvalue weighted by Gasteiger charge is 2.30. The molecular formula is C22H24N6O2S. The van der Waals surface area contributed by atoms with Gasteiger partial charge in [0.1, 0.15) is 5.69 Å². The Labute approximate surface area is 184 Å². The van der Waals surface area contributed by atoms with E-state index in [0.29, 0.717) is 25.5 Å². The number of carbonyl (C=O) groups excluding carboxylic acids is 1. The van der Waals surface area contributed by atoms with Gasteiger partial charge in [-0.3, -0.25) is 9.78 Å². The fourth-order valence-corrected chi connectivity index (χ4v) is 4.76. The summed E-state index contributed by atoms with van der Waals surface area (Å²) in [5.41, 5.74) is 5.28. The van der Waals surface area contributed by atoms with E-state index in [1.54, 1.807) is 17.9 Å². The molecule has 2 aliphatic rings. The Balaban J connectivity index is 1.48. The first kappa shape index (κ1) is 20.0. The van der Waals surface area contributed by atoms with Gasteiger partial charge in [-0.1, -0.05) is 0 Å². The van der Waals surface area contributed by atoms with Crippen LogP contribution in [-0.4, -0.2) is 70.1 Å². The van der Waals surface area contributed by atoms with Crippen LogP contribution in [-0.2, 0) is 4.74 Å². The lowest BCUT2D eigenvalue weighted by molar-refractivity contribution is 0.0701. The third-order valence-corrected chi connectivity index (χ3v) is 6.42. The Bertz CT molecular complexity index is 1020. The fraction of sp³-hybridized carbons (Fsp3) is 0.409. The second kappa shape index (κ2) is 9.07. The molecule has 0 aromatic carbocycles. The standard InChI is InChI=1S/C22H24N6O2S/c29-21(19-14-31-15-25-19)28-7-1-2-17(13-28)20-18(16-3-5-23-6-4-16)12-24-22(26-20)27-8-10-30-11-9-27/h3-6,12,14-15,17H,1-2,7-11,13H2/t17-/m0/s1. The van der Waals surface area contributed by atoms with Gasteiger partial charge in [0.15, 0.2) is 0 Å². The number of likely N-dealkylation sites (tertiary alicyclic amines) is 1. The van der Waals surface area contributed by atoms with Crippen molar-refractivity contribution in [2.24, 2.45) is 0 Å². The maximum atomic E-state index is 12.9. The van der Waals surface area contributed by atoms with E-state index in [1.165, 1.54) is 11.3 Å². The van der Waals surface area contributed by atoms with Crippen molar-refractivity contribution >= 4 is 23.2 Å². The number of hydrogen-bond donors (Lipinski definition) is 0. The van der Waals surface area contributed by atoms with Crippen molar-refractivity contribution in [2.45, 2.75) is 18.8 Å². The lowest BCUT2D eigenvalue weighted by atomic mass is 9.90. The molecule has 1 atom stereocenters. The Morgan fingerprint density at radius 2 is 1.97 bits per heavy atom. The number of morpholine rings is 1. The summed E-state index contributed by atoms with van der Waals surface area (Å²) >= 11 is 1.45. The molecule has 1 amide bonds. The van der Waals surface area contributed by atoms with E-state index in [-0.39, 0.29) is 11.8 Å². The van der Waals surface area contributed by atoms with Crippen molar-refractivity contribution in [1.29, 1.82) is 0 Å². The molecule has 2 aliphatic heterocycles. The molecule has 8 nitrogen and oxygen atoms in total. The smallest absolute Gasteiger partial charge is 0.273 e. The normalized spacial score (nSPS) is 19.4. The minimum absolute atomic E-state index is 0.00105. The summed E-state index contributed by atoms with van der Waals surface area (Å²) in [5.74, 6) is 0.875. The minimum Gasteiger partial charge on any atom is -0.378 e. The molecule has 0 radical (unpaired) electrons. The number of nitrogens with zero attached hydrogens (tertiary/aromatic N) is 6. The number of hydrogen-bond acceptors (Lipinski definition) is 8. The summed E-state index contributed by atoms with van der Waals surface area (Å²) in [6.45, 7) is 4.32. The second-order valence-electron chi connectivity index (χ2n) is 7.77. The first-order valence-corrected chi connectivity index (χ1v) is 11.5. The van der Waals surface area contributed by atoms with Crippen LogP contribution in [0.1, 0.15) is 34.9 Å². The molecule has 0 spiro atoms. The zero-order valence-corrected chi connectivity index (χ0v) is 18.0. The monoisotopic (exact) mass is 436 g/mol. The number of pyridine rings is 1. The van der Waals surface area contributed by atoms with E-state index in [0.717, 1.165) is 55.2 Å². The molecule has 3 aromatic heterocycles. The number of carbonyl (C=O) groups is 1. The molecule has 31 heavy (non-hydrogen) atoms. The molecular weight excluding hydrogens is 412 g/mol. The van der Waals surface area contributed by atoms with Gasteiger partial charge >= 0.3 is 0 Å². The Morgan fingerprint density at radius 1 is 1.13 bits per heavy atom. The fourth-order valence-electron chi connectivity index (χ4n) is 4.23. The van der Waals surface area contributed by atoms with E-state index in [1.807, 2.05) is 28.6 Å². The first-order valence-electron chi connectivity index (χ1n) is 10.6. The van der Waals surface area contributed by atoms with Crippen molar-refractivity contribution in [3.8, 4) is 11.1 Å². The molecule has 0 saturated carbocycles. The van der Waals surface area contributed by atoms with Gasteiger partial charge in [-0.05, 0) is 30.5 Å². The van der Waals surface area contributed by atoms with Crippen molar-refractivity contribution in [2.75, 3.05) is 44.3 Å². The van der Waals surface area contributed by atoms with Crippen molar-refractivity contribution in [3.05, 3.63) is 53.0 Å². The van der Waals surface area contributed by atoms with Crippen LogP contribution >= 0.6 is 11.3 Å². The number of amides is 1. The Morgan fingerprint density at radius 3 is 2.74 bits per heavy atom. The molecule has 0 N–H and O–H groups in total. The second-order valence-corrected chi connectivity index (χ2v) is 8.49. The molecule has 2 fully saturated rings. The molecule has 5 heterocycles. The zero-order chi connectivity index (χ0) is 21.0. The van der Waals surface area contributed by atoms with Gasteiger partial charge in [0, 0.05) is 61.6 Å². The molecule has 0 unspecified atom stereocenters. The highest BCUT2D eigenvalue weighted by molar-refractivity contribution is 7.07. The van der Waals surface area contributed by atoms with Crippen molar-refractivity contribution in [1.82, 2.24) is 24.8 Å². The average Bonchev–Trinajstić information content (AvgIpc) is 3.39. The quantitative estimate of drug-likeness (QED) is 0.622. The minimum atomic E-state index is -0.00105. The van der Waals surface area contributed by atoms with Crippen LogP contribution < -0.4 is 4.90 Å². The maximum Gasteiger partial charge on any atom is 0.273 e. The van der Waals surface area contributed by atoms with E-state index >= 15 is 0 Å². The van der Waals surface area contributed by atoms with Gasteiger partial charge in [0.25, 0.3) is 5.91 Å². The van der Waals surface area contributed by atoms with Crippen LogP contribution in [0.15, 0.2) is 41.6 Å². The van der Waals surface area contributed by atoms with E-state index in [9.17, 15) is 4.79 Å². The Hall–Kier alpha value is -2.91.